The number of carbonyl (C=O) groups excluding carboxylic acids is 3. The molecule has 3 aliphatic rings. The summed E-state index contributed by atoms with van der Waals surface area (Å²) in [5, 5.41) is 6.01. The molecular weight excluding hydrogens is 394 g/mol. The molecule has 3 fully saturated rings. The fourth-order valence-electron chi connectivity index (χ4n) is 4.98. The van der Waals surface area contributed by atoms with E-state index < -0.39 is 5.54 Å². The Morgan fingerprint density at radius 2 is 1.61 bits per heavy atom. The summed E-state index contributed by atoms with van der Waals surface area (Å²) in [5.74, 6) is -0.0770. The van der Waals surface area contributed by atoms with E-state index in [4.69, 9.17) is 0 Å². The molecule has 0 atom stereocenters. The first-order valence-corrected chi connectivity index (χ1v) is 11.3. The maximum atomic E-state index is 13.0. The molecule has 0 radical (unpaired) electrons. The van der Waals surface area contributed by atoms with E-state index in [1.54, 1.807) is 0 Å². The number of nitrogens with zero attached hydrogens (tertiary/aromatic N) is 3. The smallest absolute Gasteiger partial charge is 0.324 e. The predicted octanol–water partition coefficient (Wildman–Crippen LogP) is 2.07. The highest BCUT2D eigenvalue weighted by Crippen LogP contribution is 2.33. The van der Waals surface area contributed by atoms with Crippen LogP contribution in [0.4, 0.5) is 10.5 Å². The number of rotatable bonds is 5. The summed E-state index contributed by atoms with van der Waals surface area (Å²) in [4.78, 5) is 43.6. The van der Waals surface area contributed by atoms with Crippen molar-refractivity contribution in [1.82, 2.24) is 20.0 Å². The number of anilines is 1. The quantitative estimate of drug-likeness (QED) is 0.703. The highest BCUT2D eigenvalue weighted by molar-refractivity contribution is 6.07. The molecule has 4 rings (SSSR count). The number of benzene rings is 1. The Labute approximate surface area is 183 Å². The first kappa shape index (κ1) is 21.8. The summed E-state index contributed by atoms with van der Waals surface area (Å²) in [7, 11) is 0. The van der Waals surface area contributed by atoms with Crippen molar-refractivity contribution in [3.8, 4) is 0 Å². The van der Waals surface area contributed by atoms with Gasteiger partial charge in [0.2, 0.25) is 5.91 Å². The number of urea groups is 1. The van der Waals surface area contributed by atoms with Crippen molar-refractivity contribution in [2.24, 2.45) is 0 Å². The highest BCUT2D eigenvalue weighted by atomic mass is 16.2. The minimum atomic E-state index is -0.664. The van der Waals surface area contributed by atoms with Crippen LogP contribution in [0.1, 0.15) is 43.2 Å². The van der Waals surface area contributed by atoms with E-state index in [1.807, 2.05) is 32.0 Å². The standard InChI is InChI=1S/C23H33N5O3/c1-17-7-6-8-18(2)20(17)24-19(29)15-26-11-13-27(14-12-26)16-28-21(30)23(25-22(28)31)9-4-3-5-10-23/h6-8H,3-5,9-16H2,1-2H3,(H,24,29)(H,25,31). The zero-order valence-corrected chi connectivity index (χ0v) is 18.6. The second kappa shape index (κ2) is 8.96. The molecule has 31 heavy (non-hydrogen) atoms. The van der Waals surface area contributed by atoms with Crippen molar-refractivity contribution in [1.29, 1.82) is 0 Å². The molecule has 4 amide bonds. The second-order valence-corrected chi connectivity index (χ2v) is 9.16. The van der Waals surface area contributed by atoms with Crippen LogP contribution in [0.5, 0.6) is 0 Å². The summed E-state index contributed by atoms with van der Waals surface area (Å²) in [6.07, 6.45) is 4.60. The van der Waals surface area contributed by atoms with Crippen LogP contribution in [0.3, 0.4) is 0 Å². The largest absolute Gasteiger partial charge is 0.326 e. The lowest BCUT2D eigenvalue weighted by molar-refractivity contribution is -0.134. The van der Waals surface area contributed by atoms with Crippen molar-refractivity contribution in [3.05, 3.63) is 29.3 Å². The first-order valence-electron chi connectivity index (χ1n) is 11.3. The van der Waals surface area contributed by atoms with Crippen LogP contribution in [0.15, 0.2) is 18.2 Å². The van der Waals surface area contributed by atoms with Gasteiger partial charge in [-0.3, -0.25) is 19.4 Å². The monoisotopic (exact) mass is 427 g/mol. The fraction of sp³-hybridized carbons (Fsp3) is 0.609. The molecule has 1 aliphatic carbocycles. The molecule has 2 N–H and O–H groups in total. The summed E-state index contributed by atoms with van der Waals surface area (Å²) in [6.45, 7) is 7.57. The Balaban J connectivity index is 1.26. The average molecular weight is 428 g/mol. The van der Waals surface area contributed by atoms with Crippen LogP contribution < -0.4 is 10.6 Å². The van der Waals surface area contributed by atoms with Crippen LogP contribution in [0.25, 0.3) is 0 Å². The zero-order chi connectivity index (χ0) is 22.0. The third-order valence-electron chi connectivity index (χ3n) is 6.87. The lowest BCUT2D eigenvalue weighted by atomic mass is 9.82. The van der Waals surface area contributed by atoms with E-state index in [-0.39, 0.29) is 17.8 Å². The molecule has 2 aliphatic heterocycles. The van der Waals surface area contributed by atoms with Crippen molar-refractivity contribution in [3.63, 3.8) is 0 Å². The van der Waals surface area contributed by atoms with E-state index in [1.165, 1.54) is 4.90 Å². The van der Waals surface area contributed by atoms with Crippen LogP contribution >= 0.6 is 0 Å². The average Bonchev–Trinajstić information content (AvgIpc) is 2.96. The Bertz CT molecular complexity index is 837. The van der Waals surface area contributed by atoms with Crippen molar-refractivity contribution >= 4 is 23.5 Å². The number of amides is 4. The van der Waals surface area contributed by atoms with Gasteiger partial charge in [0.15, 0.2) is 0 Å². The fourth-order valence-corrected chi connectivity index (χ4v) is 4.98. The van der Waals surface area contributed by atoms with Gasteiger partial charge in [-0.1, -0.05) is 37.5 Å². The van der Waals surface area contributed by atoms with Gasteiger partial charge in [-0.25, -0.2) is 9.69 Å². The molecule has 2 heterocycles. The summed E-state index contributed by atoms with van der Waals surface area (Å²) < 4.78 is 0. The summed E-state index contributed by atoms with van der Waals surface area (Å²) >= 11 is 0. The SMILES string of the molecule is Cc1cccc(C)c1NC(=O)CN1CCN(CN2C(=O)NC3(CCCCC3)C2=O)CC1. The molecule has 1 spiro atoms. The first-order chi connectivity index (χ1) is 14.9. The Morgan fingerprint density at radius 1 is 1.00 bits per heavy atom. The number of piperazine rings is 1. The highest BCUT2D eigenvalue weighted by Gasteiger charge is 2.51. The van der Waals surface area contributed by atoms with Crippen LogP contribution in [-0.2, 0) is 9.59 Å². The van der Waals surface area contributed by atoms with Crippen LogP contribution in [-0.4, -0.2) is 77.5 Å². The van der Waals surface area contributed by atoms with Gasteiger partial charge in [0.1, 0.15) is 5.54 Å². The molecule has 168 valence electrons. The van der Waals surface area contributed by atoms with E-state index in [0.29, 0.717) is 13.2 Å². The Hall–Kier alpha value is -2.45. The Kier molecular flexibility index (Phi) is 6.29. The number of aryl methyl sites for hydroxylation is 2. The topological polar surface area (TPSA) is 85.0 Å². The number of imide groups is 1. The number of carbonyl (C=O) groups is 3. The second-order valence-electron chi connectivity index (χ2n) is 9.16. The molecule has 1 aromatic rings. The summed E-state index contributed by atoms with van der Waals surface area (Å²) in [6, 6.07) is 5.71. The van der Waals surface area contributed by atoms with Crippen LogP contribution in [0.2, 0.25) is 0 Å². The van der Waals surface area contributed by atoms with Gasteiger partial charge in [0.25, 0.3) is 5.91 Å². The van der Waals surface area contributed by atoms with E-state index in [0.717, 1.165) is 75.1 Å². The van der Waals surface area contributed by atoms with E-state index >= 15 is 0 Å². The van der Waals surface area contributed by atoms with Gasteiger partial charge in [-0.05, 0) is 37.8 Å². The molecule has 2 saturated heterocycles. The predicted molar refractivity (Wildman–Crippen MR) is 119 cm³/mol. The van der Waals surface area contributed by atoms with Gasteiger partial charge in [0, 0.05) is 31.9 Å². The molecule has 0 bridgehead atoms. The molecule has 0 aromatic heterocycles. The minimum Gasteiger partial charge on any atom is -0.324 e. The molecule has 1 aromatic carbocycles. The van der Waals surface area contributed by atoms with Gasteiger partial charge in [0.05, 0.1) is 13.2 Å². The van der Waals surface area contributed by atoms with Gasteiger partial charge >= 0.3 is 6.03 Å². The van der Waals surface area contributed by atoms with Crippen molar-refractivity contribution in [2.45, 2.75) is 51.5 Å². The van der Waals surface area contributed by atoms with Crippen molar-refractivity contribution < 1.29 is 14.4 Å². The van der Waals surface area contributed by atoms with Gasteiger partial charge in [-0.2, -0.15) is 0 Å². The normalized spacial score (nSPS) is 22.1. The van der Waals surface area contributed by atoms with E-state index in [2.05, 4.69) is 20.4 Å². The van der Waals surface area contributed by atoms with E-state index in [9.17, 15) is 14.4 Å². The van der Waals surface area contributed by atoms with Crippen LogP contribution in [0, 0.1) is 13.8 Å². The minimum absolute atomic E-state index is 0.0146. The lowest BCUT2D eigenvalue weighted by Crippen LogP contribution is -2.53. The van der Waals surface area contributed by atoms with Gasteiger partial charge in [-0.15, -0.1) is 0 Å². The number of nitrogens with one attached hydrogen (secondary N) is 2. The molecule has 0 unspecified atom stereocenters. The molecule has 8 nitrogen and oxygen atoms in total. The maximum absolute atomic E-state index is 13.0. The molecule has 1 saturated carbocycles. The Morgan fingerprint density at radius 3 is 2.26 bits per heavy atom. The number of hydrogen-bond donors (Lipinski definition) is 2. The zero-order valence-electron chi connectivity index (χ0n) is 18.6. The molecule has 8 heteroatoms. The summed E-state index contributed by atoms with van der Waals surface area (Å²) in [5.41, 5.74) is 2.34. The number of hydrogen-bond acceptors (Lipinski definition) is 5. The third-order valence-corrected chi connectivity index (χ3v) is 6.87. The lowest BCUT2D eigenvalue weighted by Gasteiger charge is -2.36. The number of para-hydroxylation sites is 1. The maximum Gasteiger partial charge on any atom is 0.326 e. The van der Waals surface area contributed by atoms with Crippen molar-refractivity contribution in [2.75, 3.05) is 44.7 Å². The van der Waals surface area contributed by atoms with Gasteiger partial charge < -0.3 is 10.6 Å². The third kappa shape index (κ3) is 4.60. The molecular formula is C23H33N5O3.